The molecule has 0 bridgehead atoms. The first-order valence-electron chi connectivity index (χ1n) is 9.27. The maximum Gasteiger partial charge on any atom is 0.335 e. The van der Waals surface area contributed by atoms with E-state index in [4.69, 9.17) is 25.5 Å². The van der Waals surface area contributed by atoms with Crippen LogP contribution in [0.1, 0.15) is 5.76 Å². The molecule has 0 unspecified atom stereocenters. The molecule has 0 atom stereocenters. The highest BCUT2D eigenvalue weighted by Gasteiger charge is 2.37. The Hall–Kier alpha value is -3.56. The number of carbonyl (C=O) groups is 3. The number of benzene rings is 2. The predicted molar refractivity (Wildman–Crippen MR) is 118 cm³/mol. The molecule has 8 nitrogen and oxygen atoms in total. The number of ether oxygens (including phenoxy) is 2. The second-order valence-electron chi connectivity index (χ2n) is 6.83. The first-order chi connectivity index (χ1) is 15.4. The van der Waals surface area contributed by atoms with E-state index < -0.39 is 17.8 Å². The van der Waals surface area contributed by atoms with Gasteiger partial charge in [0.05, 0.1) is 10.7 Å². The molecule has 2 aliphatic rings. The van der Waals surface area contributed by atoms with Crippen LogP contribution in [-0.4, -0.2) is 24.6 Å². The molecule has 1 aromatic heterocycles. The lowest BCUT2D eigenvalue weighted by atomic mass is 10.1. The van der Waals surface area contributed by atoms with Crippen LogP contribution in [0.15, 0.2) is 63.0 Å². The van der Waals surface area contributed by atoms with Gasteiger partial charge < -0.3 is 13.9 Å². The predicted octanol–water partition coefficient (Wildman–Crippen LogP) is 4.76. The van der Waals surface area contributed by atoms with Crippen molar-refractivity contribution in [3.8, 4) is 22.8 Å². The zero-order valence-corrected chi connectivity index (χ0v) is 18.4. The molecule has 1 fully saturated rings. The summed E-state index contributed by atoms with van der Waals surface area (Å²) in [6.45, 7) is 0.0486. The van der Waals surface area contributed by atoms with E-state index in [9.17, 15) is 14.4 Å². The standard InChI is InChI=1S/C22H12BrClN2O6/c23-15-4-1-11(7-16(15)24)17-6-3-13(32-17)9-14-20(27)25-22(29)26(21(14)28)12-2-5-18-19(8-12)31-10-30-18/h1-9H,10H2,(H,25,27,29)/b14-9+. The number of fused-ring (bicyclic) bond motifs is 1. The molecule has 0 spiro atoms. The summed E-state index contributed by atoms with van der Waals surface area (Å²) < 4.78 is 17.1. The van der Waals surface area contributed by atoms with Gasteiger partial charge in [-0.15, -0.1) is 0 Å². The van der Waals surface area contributed by atoms with E-state index >= 15 is 0 Å². The normalized spacial score (nSPS) is 16.6. The lowest BCUT2D eigenvalue weighted by Gasteiger charge is -2.26. The van der Waals surface area contributed by atoms with E-state index in [-0.39, 0.29) is 23.8 Å². The fraction of sp³-hybridized carbons (Fsp3) is 0.0455. The highest BCUT2D eigenvalue weighted by molar-refractivity contribution is 9.10. The Kier molecular flexibility index (Phi) is 4.99. The largest absolute Gasteiger partial charge is 0.457 e. The lowest BCUT2D eigenvalue weighted by molar-refractivity contribution is -0.122. The second kappa shape index (κ2) is 7.85. The highest BCUT2D eigenvalue weighted by Crippen LogP contribution is 2.36. The number of anilines is 1. The number of carbonyl (C=O) groups excluding carboxylic acids is 3. The van der Waals surface area contributed by atoms with E-state index in [0.717, 1.165) is 14.9 Å². The summed E-state index contributed by atoms with van der Waals surface area (Å²) in [7, 11) is 0. The number of barbiturate groups is 1. The third-order valence-electron chi connectivity index (χ3n) is 4.83. The van der Waals surface area contributed by atoms with E-state index in [1.54, 1.807) is 30.3 Å². The summed E-state index contributed by atoms with van der Waals surface area (Å²) >= 11 is 9.47. The zero-order chi connectivity index (χ0) is 22.4. The Morgan fingerprint density at radius 2 is 1.81 bits per heavy atom. The average molecular weight is 516 g/mol. The van der Waals surface area contributed by atoms with Crippen LogP contribution in [0.2, 0.25) is 5.02 Å². The fourth-order valence-electron chi connectivity index (χ4n) is 3.29. The van der Waals surface area contributed by atoms with Crippen molar-refractivity contribution in [2.45, 2.75) is 0 Å². The van der Waals surface area contributed by atoms with E-state index in [2.05, 4.69) is 21.2 Å². The number of nitrogens with zero attached hydrogens (tertiary/aromatic N) is 1. The SMILES string of the molecule is O=C1NC(=O)N(c2ccc3c(c2)OCO3)C(=O)/C1=C/c1ccc(-c2ccc(Br)c(Cl)c2)o1. The number of hydrogen-bond acceptors (Lipinski definition) is 6. The number of nitrogens with one attached hydrogen (secondary N) is 1. The third-order valence-corrected chi connectivity index (χ3v) is 6.07. The van der Waals surface area contributed by atoms with E-state index in [0.29, 0.717) is 22.3 Å². The molecule has 2 aromatic carbocycles. The van der Waals surface area contributed by atoms with Crippen molar-refractivity contribution >= 4 is 57.1 Å². The Morgan fingerprint density at radius 1 is 1.00 bits per heavy atom. The van der Waals surface area contributed by atoms with Gasteiger partial charge in [-0.2, -0.15) is 0 Å². The molecule has 5 rings (SSSR count). The molecule has 3 heterocycles. The lowest BCUT2D eigenvalue weighted by Crippen LogP contribution is -2.54. The third kappa shape index (κ3) is 3.55. The number of rotatable bonds is 3. The van der Waals surface area contributed by atoms with E-state index in [1.807, 2.05) is 6.07 Å². The Bertz CT molecular complexity index is 1330. The van der Waals surface area contributed by atoms with Crippen molar-refractivity contribution < 1.29 is 28.3 Å². The minimum Gasteiger partial charge on any atom is -0.457 e. The molecule has 32 heavy (non-hydrogen) atoms. The minimum absolute atomic E-state index is 0.0486. The first kappa shape index (κ1) is 20.3. The number of amides is 4. The van der Waals surface area contributed by atoms with Gasteiger partial charge in [-0.1, -0.05) is 17.7 Å². The summed E-state index contributed by atoms with van der Waals surface area (Å²) in [5.41, 5.74) is 0.705. The monoisotopic (exact) mass is 514 g/mol. The molecule has 0 saturated carbocycles. The van der Waals surface area contributed by atoms with Crippen LogP contribution in [0.3, 0.4) is 0 Å². The van der Waals surface area contributed by atoms with Gasteiger partial charge in [0.15, 0.2) is 11.5 Å². The Morgan fingerprint density at radius 3 is 2.62 bits per heavy atom. The molecular weight excluding hydrogens is 504 g/mol. The molecule has 2 aliphatic heterocycles. The number of furan rings is 1. The molecule has 0 aliphatic carbocycles. The molecule has 1 N–H and O–H groups in total. The van der Waals surface area contributed by atoms with Gasteiger partial charge in [0.25, 0.3) is 11.8 Å². The van der Waals surface area contributed by atoms with Crippen LogP contribution in [0.25, 0.3) is 17.4 Å². The molecule has 160 valence electrons. The van der Waals surface area contributed by atoms with Crippen molar-refractivity contribution in [3.63, 3.8) is 0 Å². The quantitative estimate of drug-likeness (QED) is 0.399. The topological polar surface area (TPSA) is 98.1 Å². The number of halogens is 2. The fourth-order valence-corrected chi connectivity index (χ4v) is 3.72. The maximum absolute atomic E-state index is 13.0. The number of imide groups is 2. The Labute approximate surface area is 194 Å². The molecule has 3 aromatic rings. The van der Waals surface area contributed by atoms with Crippen molar-refractivity contribution in [1.29, 1.82) is 0 Å². The molecule has 1 saturated heterocycles. The molecule has 4 amide bonds. The van der Waals surface area contributed by atoms with Gasteiger partial charge in [-0.05, 0) is 58.4 Å². The van der Waals surface area contributed by atoms with Gasteiger partial charge in [0.1, 0.15) is 17.1 Å². The Balaban J connectivity index is 1.47. The first-order valence-corrected chi connectivity index (χ1v) is 10.4. The van der Waals surface area contributed by atoms with Gasteiger partial charge in [-0.3, -0.25) is 14.9 Å². The summed E-state index contributed by atoms with van der Waals surface area (Å²) in [4.78, 5) is 38.7. The van der Waals surface area contributed by atoms with Crippen molar-refractivity contribution in [2.75, 3.05) is 11.7 Å². The highest BCUT2D eigenvalue weighted by atomic mass is 79.9. The minimum atomic E-state index is -0.861. The summed E-state index contributed by atoms with van der Waals surface area (Å²) in [6.07, 6.45) is 1.29. The summed E-state index contributed by atoms with van der Waals surface area (Å²) in [5, 5.41) is 2.68. The van der Waals surface area contributed by atoms with Crippen molar-refractivity contribution in [3.05, 3.63) is 69.4 Å². The maximum atomic E-state index is 13.0. The van der Waals surface area contributed by atoms with E-state index in [1.165, 1.54) is 18.2 Å². The van der Waals surface area contributed by atoms with Gasteiger partial charge in [-0.25, -0.2) is 9.69 Å². The second-order valence-corrected chi connectivity index (χ2v) is 8.09. The zero-order valence-electron chi connectivity index (χ0n) is 16.1. The molecule has 0 radical (unpaired) electrons. The van der Waals surface area contributed by atoms with Crippen LogP contribution in [0, 0.1) is 0 Å². The molecule has 10 heteroatoms. The summed E-state index contributed by atoms with van der Waals surface area (Å²) in [6, 6.07) is 12.4. The van der Waals surface area contributed by atoms with Crippen LogP contribution >= 0.6 is 27.5 Å². The van der Waals surface area contributed by atoms with Crippen molar-refractivity contribution in [1.82, 2.24) is 5.32 Å². The van der Waals surface area contributed by atoms with Crippen LogP contribution in [-0.2, 0) is 9.59 Å². The van der Waals surface area contributed by atoms with Gasteiger partial charge in [0, 0.05) is 16.1 Å². The van der Waals surface area contributed by atoms with Crippen LogP contribution in [0.4, 0.5) is 10.5 Å². The van der Waals surface area contributed by atoms with Crippen molar-refractivity contribution in [2.24, 2.45) is 0 Å². The summed E-state index contributed by atoms with van der Waals surface area (Å²) in [5.74, 6) is 0.0519. The smallest absolute Gasteiger partial charge is 0.335 e. The number of urea groups is 1. The average Bonchev–Trinajstić information content (AvgIpc) is 3.42. The molecular formula is C22H12BrClN2O6. The van der Waals surface area contributed by atoms with Crippen LogP contribution < -0.4 is 19.7 Å². The number of hydrogen-bond donors (Lipinski definition) is 1. The van der Waals surface area contributed by atoms with Gasteiger partial charge in [0.2, 0.25) is 6.79 Å². The van der Waals surface area contributed by atoms with Crippen LogP contribution in [0.5, 0.6) is 11.5 Å². The van der Waals surface area contributed by atoms with Gasteiger partial charge >= 0.3 is 6.03 Å².